The summed E-state index contributed by atoms with van der Waals surface area (Å²) in [5.74, 6) is -2.29. The van der Waals surface area contributed by atoms with Gasteiger partial charge in [0.05, 0.1) is 0 Å². The summed E-state index contributed by atoms with van der Waals surface area (Å²) in [6.07, 6.45) is -0.121. The van der Waals surface area contributed by atoms with E-state index in [0.717, 1.165) is 3.57 Å². The summed E-state index contributed by atoms with van der Waals surface area (Å²) in [6.45, 7) is 0. The normalized spacial score (nSPS) is 11.6. The van der Waals surface area contributed by atoms with Crippen molar-refractivity contribution in [2.75, 3.05) is 0 Å². The van der Waals surface area contributed by atoms with Crippen LogP contribution in [0.1, 0.15) is 23.2 Å². The van der Waals surface area contributed by atoms with Crippen molar-refractivity contribution in [1.29, 1.82) is 0 Å². The Hall–Kier alpha value is -1.64. The van der Waals surface area contributed by atoms with Crippen LogP contribution in [0, 0.1) is 3.57 Å². The number of hydrogen-bond donors (Lipinski definition) is 3. The SMILES string of the molecule is NC(=O)CC[C@@H](NC(=O)c1cccc(I)c1)C(=O)O. The monoisotopic (exact) mass is 376 g/mol. The lowest BCUT2D eigenvalue weighted by Gasteiger charge is -2.13. The van der Waals surface area contributed by atoms with Crippen LogP contribution in [0.25, 0.3) is 0 Å². The molecule has 19 heavy (non-hydrogen) atoms. The number of hydrogen-bond acceptors (Lipinski definition) is 3. The molecule has 0 spiro atoms. The van der Waals surface area contributed by atoms with Crippen molar-refractivity contribution in [3.8, 4) is 0 Å². The molecule has 0 aromatic heterocycles. The number of aliphatic carboxylic acids is 1. The number of nitrogens with one attached hydrogen (secondary N) is 1. The van der Waals surface area contributed by atoms with Crippen molar-refractivity contribution in [2.45, 2.75) is 18.9 Å². The van der Waals surface area contributed by atoms with E-state index >= 15 is 0 Å². The maximum absolute atomic E-state index is 11.9. The molecule has 0 saturated carbocycles. The van der Waals surface area contributed by atoms with Crippen LogP contribution < -0.4 is 11.1 Å². The molecule has 0 unspecified atom stereocenters. The Balaban J connectivity index is 2.71. The molecule has 0 aliphatic carbocycles. The third kappa shape index (κ3) is 5.25. The Morgan fingerprint density at radius 1 is 1.37 bits per heavy atom. The average Bonchev–Trinajstić information content (AvgIpc) is 2.33. The Bertz CT molecular complexity index is 504. The first-order valence-corrected chi connectivity index (χ1v) is 6.55. The average molecular weight is 376 g/mol. The Morgan fingerprint density at radius 3 is 2.58 bits per heavy atom. The summed E-state index contributed by atoms with van der Waals surface area (Å²) >= 11 is 2.05. The van der Waals surface area contributed by atoms with Crippen LogP contribution >= 0.6 is 22.6 Å². The maximum atomic E-state index is 11.9. The highest BCUT2D eigenvalue weighted by molar-refractivity contribution is 14.1. The zero-order valence-electron chi connectivity index (χ0n) is 9.93. The molecule has 0 radical (unpaired) electrons. The number of carboxylic acid groups (broad SMARTS) is 1. The molecule has 0 aliphatic heterocycles. The van der Waals surface area contributed by atoms with E-state index in [-0.39, 0.29) is 12.8 Å². The second-order valence-corrected chi connectivity index (χ2v) is 5.13. The van der Waals surface area contributed by atoms with Crippen LogP contribution in [-0.2, 0) is 9.59 Å². The van der Waals surface area contributed by atoms with Crippen molar-refractivity contribution in [2.24, 2.45) is 5.73 Å². The molecule has 0 bridgehead atoms. The molecular formula is C12H13IN2O4. The molecule has 0 fully saturated rings. The summed E-state index contributed by atoms with van der Waals surface area (Å²) in [5.41, 5.74) is 5.33. The zero-order valence-corrected chi connectivity index (χ0v) is 12.1. The predicted octanol–water partition coefficient (Wildman–Crippen LogP) is 0.740. The molecule has 4 N–H and O–H groups in total. The van der Waals surface area contributed by atoms with Crippen LogP contribution in [0.3, 0.4) is 0 Å². The second-order valence-electron chi connectivity index (χ2n) is 3.88. The van der Waals surface area contributed by atoms with Gasteiger partial charge in [0.15, 0.2) is 0 Å². The molecule has 6 nitrogen and oxygen atoms in total. The van der Waals surface area contributed by atoms with Crippen molar-refractivity contribution >= 4 is 40.4 Å². The van der Waals surface area contributed by atoms with E-state index in [9.17, 15) is 14.4 Å². The molecule has 1 aromatic carbocycles. The standard InChI is InChI=1S/C12H13IN2O4/c13-8-3-1-2-7(6-8)11(17)15-9(12(18)19)4-5-10(14)16/h1-3,6,9H,4-5H2,(H2,14,16)(H,15,17)(H,18,19)/t9-/m1/s1. The lowest BCUT2D eigenvalue weighted by molar-refractivity contribution is -0.139. The maximum Gasteiger partial charge on any atom is 0.326 e. The van der Waals surface area contributed by atoms with Gasteiger partial charge < -0.3 is 16.2 Å². The van der Waals surface area contributed by atoms with Gasteiger partial charge in [0.2, 0.25) is 5.91 Å². The van der Waals surface area contributed by atoms with Crippen LogP contribution in [0.15, 0.2) is 24.3 Å². The van der Waals surface area contributed by atoms with Gasteiger partial charge in [0.25, 0.3) is 5.91 Å². The molecule has 0 saturated heterocycles. The van der Waals surface area contributed by atoms with E-state index < -0.39 is 23.8 Å². The minimum Gasteiger partial charge on any atom is -0.480 e. The van der Waals surface area contributed by atoms with Gasteiger partial charge in [-0.3, -0.25) is 9.59 Å². The highest BCUT2D eigenvalue weighted by Gasteiger charge is 2.21. The van der Waals surface area contributed by atoms with Gasteiger partial charge >= 0.3 is 5.97 Å². The van der Waals surface area contributed by atoms with Crippen LogP contribution in [0.4, 0.5) is 0 Å². The lowest BCUT2D eigenvalue weighted by atomic mass is 10.1. The molecule has 1 atom stereocenters. The first kappa shape index (κ1) is 15.4. The Labute approximate surface area is 123 Å². The van der Waals surface area contributed by atoms with Gasteiger partial charge in [0, 0.05) is 15.6 Å². The predicted molar refractivity (Wildman–Crippen MR) is 76.5 cm³/mol. The molecule has 1 aromatic rings. The minimum absolute atomic E-state index is 0.0274. The van der Waals surface area contributed by atoms with Gasteiger partial charge in [-0.1, -0.05) is 6.07 Å². The van der Waals surface area contributed by atoms with Gasteiger partial charge in [0.1, 0.15) is 6.04 Å². The van der Waals surface area contributed by atoms with Gasteiger partial charge in [-0.15, -0.1) is 0 Å². The molecule has 1 rings (SSSR count). The largest absolute Gasteiger partial charge is 0.480 e. The molecule has 0 heterocycles. The highest BCUT2D eigenvalue weighted by Crippen LogP contribution is 2.08. The van der Waals surface area contributed by atoms with Crippen molar-refractivity contribution < 1.29 is 19.5 Å². The van der Waals surface area contributed by atoms with E-state index in [2.05, 4.69) is 27.9 Å². The molecular weight excluding hydrogens is 363 g/mol. The number of carbonyl (C=O) groups is 3. The first-order chi connectivity index (χ1) is 8.90. The van der Waals surface area contributed by atoms with E-state index in [4.69, 9.17) is 10.8 Å². The number of benzene rings is 1. The number of amides is 2. The van der Waals surface area contributed by atoms with Gasteiger partial charge in [-0.2, -0.15) is 0 Å². The number of nitrogens with two attached hydrogens (primary N) is 1. The van der Waals surface area contributed by atoms with E-state index in [0.29, 0.717) is 5.56 Å². The van der Waals surface area contributed by atoms with Crippen LogP contribution in [0.2, 0.25) is 0 Å². The Morgan fingerprint density at radius 2 is 2.05 bits per heavy atom. The summed E-state index contributed by atoms with van der Waals surface area (Å²) in [6, 6.07) is 5.63. The molecule has 2 amide bonds. The summed E-state index contributed by atoms with van der Waals surface area (Å²) < 4.78 is 0.870. The van der Waals surface area contributed by atoms with Gasteiger partial charge in [-0.25, -0.2) is 4.79 Å². The van der Waals surface area contributed by atoms with E-state index in [1.807, 2.05) is 6.07 Å². The smallest absolute Gasteiger partial charge is 0.326 e. The van der Waals surface area contributed by atoms with Gasteiger partial charge in [-0.05, 0) is 47.2 Å². The number of rotatable bonds is 6. The fourth-order valence-electron chi connectivity index (χ4n) is 1.42. The van der Waals surface area contributed by atoms with Crippen LogP contribution in [-0.4, -0.2) is 28.9 Å². The van der Waals surface area contributed by atoms with E-state index in [1.54, 1.807) is 18.2 Å². The highest BCUT2D eigenvalue weighted by atomic mass is 127. The van der Waals surface area contributed by atoms with Crippen molar-refractivity contribution in [3.05, 3.63) is 33.4 Å². The summed E-state index contributed by atoms with van der Waals surface area (Å²) in [5, 5.41) is 11.3. The number of carbonyl (C=O) groups excluding carboxylic acids is 2. The third-order valence-electron chi connectivity index (χ3n) is 2.37. The fourth-order valence-corrected chi connectivity index (χ4v) is 1.96. The molecule has 0 aliphatic rings. The van der Waals surface area contributed by atoms with E-state index in [1.165, 1.54) is 0 Å². The number of primary amides is 1. The van der Waals surface area contributed by atoms with Crippen LogP contribution in [0.5, 0.6) is 0 Å². The Kier molecular flexibility index (Phi) is 5.74. The number of halogens is 1. The third-order valence-corrected chi connectivity index (χ3v) is 3.04. The number of carboxylic acids is 1. The zero-order chi connectivity index (χ0) is 14.4. The molecule has 102 valence electrons. The molecule has 7 heteroatoms. The minimum atomic E-state index is -1.19. The first-order valence-electron chi connectivity index (χ1n) is 5.47. The van der Waals surface area contributed by atoms with Crippen molar-refractivity contribution in [3.63, 3.8) is 0 Å². The fraction of sp³-hybridized carbons (Fsp3) is 0.250. The quantitative estimate of drug-likeness (QED) is 0.637. The second kappa shape index (κ2) is 7.07. The summed E-state index contributed by atoms with van der Waals surface area (Å²) in [7, 11) is 0. The lowest BCUT2D eigenvalue weighted by Crippen LogP contribution is -2.41. The van der Waals surface area contributed by atoms with Crippen molar-refractivity contribution in [1.82, 2.24) is 5.32 Å². The summed E-state index contributed by atoms with van der Waals surface area (Å²) in [4.78, 5) is 33.5. The topological polar surface area (TPSA) is 109 Å².